The van der Waals surface area contributed by atoms with Crippen molar-refractivity contribution < 1.29 is 14.4 Å². The summed E-state index contributed by atoms with van der Waals surface area (Å²) in [5.41, 5.74) is 1.82. The molecule has 182 valence electrons. The minimum absolute atomic E-state index is 0.0357. The van der Waals surface area contributed by atoms with Crippen molar-refractivity contribution in [2.45, 2.75) is 65.1 Å². The van der Waals surface area contributed by atoms with Crippen molar-refractivity contribution in [3.05, 3.63) is 53.3 Å². The second-order valence-corrected chi connectivity index (χ2v) is 9.72. The van der Waals surface area contributed by atoms with E-state index in [-0.39, 0.29) is 35.9 Å². The van der Waals surface area contributed by atoms with Gasteiger partial charge in [-0.15, -0.1) is 0 Å². The highest BCUT2D eigenvalue weighted by Gasteiger charge is 2.35. The van der Waals surface area contributed by atoms with E-state index in [1.807, 2.05) is 35.2 Å². The summed E-state index contributed by atoms with van der Waals surface area (Å²) in [5, 5.41) is 7.45. The third-order valence-corrected chi connectivity index (χ3v) is 6.39. The van der Waals surface area contributed by atoms with Gasteiger partial charge in [0, 0.05) is 51.3 Å². The Kier molecular flexibility index (Phi) is 7.65. The van der Waals surface area contributed by atoms with Gasteiger partial charge in [0.15, 0.2) is 5.69 Å². The molecule has 0 spiro atoms. The van der Waals surface area contributed by atoms with Crippen LogP contribution in [0.1, 0.15) is 72.5 Å². The third kappa shape index (κ3) is 6.04. The van der Waals surface area contributed by atoms with Crippen LogP contribution in [0.5, 0.6) is 0 Å². The molecule has 4 rings (SSSR count). The van der Waals surface area contributed by atoms with E-state index in [2.05, 4.69) is 24.3 Å². The molecule has 2 heterocycles. The summed E-state index contributed by atoms with van der Waals surface area (Å²) in [5.74, 6) is 0.203. The number of nitrogens with one attached hydrogen (secondary N) is 1. The van der Waals surface area contributed by atoms with E-state index in [9.17, 15) is 14.4 Å². The summed E-state index contributed by atoms with van der Waals surface area (Å²) in [7, 11) is 0. The van der Waals surface area contributed by atoms with Crippen molar-refractivity contribution in [3.8, 4) is 0 Å². The van der Waals surface area contributed by atoms with E-state index in [4.69, 9.17) is 0 Å². The zero-order valence-corrected chi connectivity index (χ0v) is 20.2. The first kappa shape index (κ1) is 24.0. The van der Waals surface area contributed by atoms with Gasteiger partial charge in [0.25, 0.3) is 11.8 Å². The lowest BCUT2D eigenvalue weighted by atomic mass is 10.1. The number of carbonyl (C=O) groups is 3. The molecule has 3 amide bonds. The zero-order chi connectivity index (χ0) is 24.1. The number of aryl methyl sites for hydroxylation is 1. The van der Waals surface area contributed by atoms with Crippen molar-refractivity contribution in [1.29, 1.82) is 0 Å². The lowest BCUT2D eigenvalue weighted by Gasteiger charge is -2.21. The largest absolute Gasteiger partial charge is 0.356 e. The minimum atomic E-state index is -0.194. The maximum atomic E-state index is 13.3. The number of rotatable bonds is 10. The Morgan fingerprint density at radius 2 is 1.94 bits per heavy atom. The van der Waals surface area contributed by atoms with Gasteiger partial charge >= 0.3 is 0 Å². The van der Waals surface area contributed by atoms with E-state index in [1.54, 1.807) is 15.6 Å². The maximum Gasteiger partial charge on any atom is 0.274 e. The Labute approximate surface area is 201 Å². The highest BCUT2D eigenvalue weighted by atomic mass is 16.2. The van der Waals surface area contributed by atoms with Crippen LogP contribution in [0.4, 0.5) is 0 Å². The van der Waals surface area contributed by atoms with Gasteiger partial charge in [0.05, 0.1) is 0 Å². The first-order valence-electron chi connectivity index (χ1n) is 12.4. The molecule has 2 aromatic rings. The number of nitrogens with zero attached hydrogens (tertiary/aromatic N) is 4. The molecule has 0 radical (unpaired) electrons. The standard InChI is InChI=1S/C26H35N5O3/c1-19(2)11-13-27-24(32)12-16-30(21-9-10-21)25(33)22-17-23-26(34)29(14-6-15-31(23)28-22)18-20-7-4-3-5-8-20/h3-5,7-8,17,19,21H,6,9-16,18H2,1-2H3,(H,27,32). The molecule has 0 unspecified atom stereocenters. The van der Waals surface area contributed by atoms with Crippen molar-refractivity contribution >= 4 is 17.7 Å². The fourth-order valence-corrected chi connectivity index (χ4v) is 4.29. The highest BCUT2D eigenvalue weighted by Crippen LogP contribution is 2.29. The number of amides is 3. The van der Waals surface area contributed by atoms with Gasteiger partial charge in [-0.3, -0.25) is 19.1 Å². The topological polar surface area (TPSA) is 87.5 Å². The van der Waals surface area contributed by atoms with Crippen LogP contribution in [0, 0.1) is 5.92 Å². The molecule has 2 aliphatic rings. The lowest BCUT2D eigenvalue weighted by molar-refractivity contribution is -0.121. The average Bonchev–Trinajstić information content (AvgIpc) is 3.58. The van der Waals surface area contributed by atoms with E-state index >= 15 is 0 Å². The van der Waals surface area contributed by atoms with Crippen LogP contribution < -0.4 is 5.32 Å². The van der Waals surface area contributed by atoms with Crippen LogP contribution >= 0.6 is 0 Å². The molecule has 1 aliphatic heterocycles. The molecular weight excluding hydrogens is 430 g/mol. The van der Waals surface area contributed by atoms with Gasteiger partial charge in [-0.25, -0.2) is 0 Å². The molecule has 34 heavy (non-hydrogen) atoms. The summed E-state index contributed by atoms with van der Waals surface area (Å²) in [4.78, 5) is 42.4. The van der Waals surface area contributed by atoms with Crippen LogP contribution in [0.3, 0.4) is 0 Å². The van der Waals surface area contributed by atoms with E-state index < -0.39 is 0 Å². The van der Waals surface area contributed by atoms with Gasteiger partial charge in [0.1, 0.15) is 5.69 Å². The molecule has 1 aromatic carbocycles. The van der Waals surface area contributed by atoms with Gasteiger partial charge < -0.3 is 15.1 Å². The van der Waals surface area contributed by atoms with Crippen molar-refractivity contribution in [1.82, 2.24) is 24.9 Å². The number of hydrogen-bond donors (Lipinski definition) is 1. The SMILES string of the molecule is CC(C)CCNC(=O)CCN(C(=O)c1cc2n(n1)CCCN(Cc1ccccc1)C2=O)C1CC1. The zero-order valence-electron chi connectivity index (χ0n) is 20.2. The number of fused-ring (bicyclic) bond motifs is 1. The molecule has 0 bridgehead atoms. The molecule has 1 N–H and O–H groups in total. The molecule has 8 heteroatoms. The molecule has 1 aliphatic carbocycles. The Balaban J connectivity index is 1.41. The number of benzene rings is 1. The third-order valence-electron chi connectivity index (χ3n) is 6.39. The average molecular weight is 466 g/mol. The number of hydrogen-bond acceptors (Lipinski definition) is 4. The molecule has 0 saturated heterocycles. The van der Waals surface area contributed by atoms with Crippen molar-refractivity contribution in [2.24, 2.45) is 5.92 Å². The van der Waals surface area contributed by atoms with Gasteiger partial charge in [0.2, 0.25) is 5.91 Å². The predicted octanol–water partition coefficient (Wildman–Crippen LogP) is 3.09. The summed E-state index contributed by atoms with van der Waals surface area (Å²) in [6.45, 7) is 7.06. The smallest absolute Gasteiger partial charge is 0.274 e. The van der Waals surface area contributed by atoms with Gasteiger partial charge in [-0.05, 0) is 37.2 Å². The number of aromatic nitrogens is 2. The Hall–Kier alpha value is -3.16. The second kappa shape index (κ2) is 10.8. The Morgan fingerprint density at radius 1 is 1.18 bits per heavy atom. The normalized spacial score (nSPS) is 15.7. The fraction of sp³-hybridized carbons (Fsp3) is 0.538. The molecule has 8 nitrogen and oxygen atoms in total. The van der Waals surface area contributed by atoms with Crippen LogP contribution in [-0.4, -0.2) is 63.0 Å². The maximum absolute atomic E-state index is 13.3. The summed E-state index contributed by atoms with van der Waals surface area (Å²) in [6.07, 6.45) is 3.88. The van der Waals surface area contributed by atoms with Crippen LogP contribution in [0.15, 0.2) is 36.4 Å². The summed E-state index contributed by atoms with van der Waals surface area (Å²) < 4.78 is 1.67. The van der Waals surface area contributed by atoms with Crippen LogP contribution in [0.25, 0.3) is 0 Å². The monoisotopic (exact) mass is 465 g/mol. The quantitative estimate of drug-likeness (QED) is 0.584. The Morgan fingerprint density at radius 3 is 2.65 bits per heavy atom. The van der Waals surface area contributed by atoms with Gasteiger partial charge in [-0.1, -0.05) is 44.2 Å². The van der Waals surface area contributed by atoms with Crippen molar-refractivity contribution in [2.75, 3.05) is 19.6 Å². The molecule has 1 fully saturated rings. The summed E-state index contributed by atoms with van der Waals surface area (Å²) >= 11 is 0. The molecule has 1 aromatic heterocycles. The number of carbonyl (C=O) groups excluding carboxylic acids is 3. The first-order valence-corrected chi connectivity index (χ1v) is 12.4. The van der Waals surface area contributed by atoms with Crippen LogP contribution in [-0.2, 0) is 17.9 Å². The fourth-order valence-electron chi connectivity index (χ4n) is 4.29. The van der Waals surface area contributed by atoms with E-state index in [0.717, 1.165) is 31.2 Å². The summed E-state index contributed by atoms with van der Waals surface area (Å²) in [6, 6.07) is 11.7. The molecular formula is C26H35N5O3. The van der Waals surface area contributed by atoms with Crippen molar-refractivity contribution in [3.63, 3.8) is 0 Å². The van der Waals surface area contributed by atoms with Crippen LogP contribution in [0.2, 0.25) is 0 Å². The second-order valence-electron chi connectivity index (χ2n) is 9.72. The Bertz CT molecular complexity index is 1010. The molecule has 0 atom stereocenters. The van der Waals surface area contributed by atoms with E-state index in [1.165, 1.54) is 0 Å². The van der Waals surface area contributed by atoms with E-state index in [0.29, 0.717) is 44.3 Å². The molecule has 1 saturated carbocycles. The predicted molar refractivity (Wildman–Crippen MR) is 129 cm³/mol. The lowest BCUT2D eigenvalue weighted by Crippen LogP contribution is -2.37. The first-order chi connectivity index (χ1) is 16.4. The van der Waals surface area contributed by atoms with Gasteiger partial charge in [-0.2, -0.15) is 5.10 Å². The minimum Gasteiger partial charge on any atom is -0.356 e. The highest BCUT2D eigenvalue weighted by molar-refractivity contribution is 5.98.